The Labute approximate surface area is 260 Å². The summed E-state index contributed by atoms with van der Waals surface area (Å²) >= 11 is -0.345. The van der Waals surface area contributed by atoms with E-state index < -0.39 is 44.3 Å². The standard InChI is InChI=1S/C32H42N2O7SeSi/c1-31(2,3)43(7,8)38-20-24-27-28(41-32(4,5)40-27)29(39-24)34-26(42-23-12-10-9-11-13-23)18-25(35)33(30(34)36)19-21-14-16-22(37-6)17-15-21/h9-18,24,27-29H,19-20H2,1-8H3/t24-,27-,28-,29-/m1/s1. The van der Waals surface area contributed by atoms with Gasteiger partial charge in [0.05, 0.1) is 0 Å². The average molecular weight is 674 g/mol. The zero-order valence-electron chi connectivity index (χ0n) is 26.2. The molecule has 2 aliphatic rings. The van der Waals surface area contributed by atoms with Crippen LogP contribution in [0.5, 0.6) is 5.75 Å². The topological polar surface area (TPSA) is 90.2 Å². The first kappa shape index (κ1) is 31.9. The van der Waals surface area contributed by atoms with E-state index in [1.807, 2.05) is 68.4 Å². The zero-order valence-corrected chi connectivity index (χ0v) is 28.9. The summed E-state index contributed by atoms with van der Waals surface area (Å²) in [4.78, 5) is 27.8. The van der Waals surface area contributed by atoms with Crippen LogP contribution in [0.15, 0.2) is 70.3 Å². The third kappa shape index (κ3) is 6.78. The van der Waals surface area contributed by atoms with E-state index in [9.17, 15) is 9.59 Å². The third-order valence-corrected chi connectivity index (χ3v) is 15.1. The molecule has 0 N–H and O–H groups in total. The van der Waals surface area contributed by atoms with Crippen LogP contribution < -0.4 is 25.0 Å². The molecule has 2 aliphatic heterocycles. The molecule has 0 bridgehead atoms. The van der Waals surface area contributed by atoms with Crippen molar-refractivity contribution in [3.05, 3.63) is 87.1 Å². The summed E-state index contributed by atoms with van der Waals surface area (Å²) in [5.74, 6) is -0.162. The normalized spacial score (nSPS) is 23.3. The summed E-state index contributed by atoms with van der Waals surface area (Å²) < 4.78 is 35.7. The van der Waals surface area contributed by atoms with Crippen molar-refractivity contribution in [2.75, 3.05) is 13.7 Å². The Balaban J connectivity index is 1.56. The quantitative estimate of drug-likeness (QED) is 0.323. The molecule has 3 aromatic rings. The van der Waals surface area contributed by atoms with Crippen LogP contribution in [0.3, 0.4) is 0 Å². The Kier molecular flexibility index (Phi) is 8.99. The molecule has 5 rings (SSSR count). The van der Waals surface area contributed by atoms with Gasteiger partial charge in [-0.15, -0.1) is 0 Å². The molecule has 9 nitrogen and oxygen atoms in total. The molecular weight excluding hydrogens is 631 g/mol. The van der Waals surface area contributed by atoms with Gasteiger partial charge in [0.25, 0.3) is 0 Å². The number of nitrogens with zero attached hydrogens (tertiary/aromatic N) is 2. The molecule has 3 heterocycles. The van der Waals surface area contributed by atoms with Crippen LogP contribution in [0, 0.1) is 0 Å². The van der Waals surface area contributed by atoms with Crippen molar-refractivity contribution < 1.29 is 23.4 Å². The van der Waals surface area contributed by atoms with Gasteiger partial charge in [0.1, 0.15) is 0 Å². The van der Waals surface area contributed by atoms with Gasteiger partial charge in [-0.25, -0.2) is 0 Å². The van der Waals surface area contributed by atoms with Crippen molar-refractivity contribution in [2.24, 2.45) is 0 Å². The number of hydrogen-bond donors (Lipinski definition) is 0. The van der Waals surface area contributed by atoms with Crippen LogP contribution in [-0.4, -0.2) is 70.2 Å². The van der Waals surface area contributed by atoms with Crippen LogP contribution >= 0.6 is 0 Å². The van der Waals surface area contributed by atoms with E-state index in [2.05, 4.69) is 33.9 Å². The van der Waals surface area contributed by atoms with Gasteiger partial charge in [-0.2, -0.15) is 0 Å². The van der Waals surface area contributed by atoms with Gasteiger partial charge in [0.2, 0.25) is 0 Å². The third-order valence-electron chi connectivity index (χ3n) is 8.45. The van der Waals surface area contributed by atoms with Crippen molar-refractivity contribution in [1.82, 2.24) is 9.13 Å². The molecule has 232 valence electrons. The van der Waals surface area contributed by atoms with Gasteiger partial charge in [-0.3, -0.25) is 0 Å². The Bertz CT molecular complexity index is 1550. The molecule has 2 fully saturated rings. The summed E-state index contributed by atoms with van der Waals surface area (Å²) in [6.45, 7) is 15.2. The van der Waals surface area contributed by atoms with E-state index >= 15 is 0 Å². The Morgan fingerprint density at radius 1 is 0.977 bits per heavy atom. The van der Waals surface area contributed by atoms with E-state index in [0.29, 0.717) is 16.9 Å². The fourth-order valence-corrected chi connectivity index (χ4v) is 8.12. The summed E-state index contributed by atoms with van der Waals surface area (Å²) in [6, 6.07) is 18.8. The maximum absolute atomic E-state index is 14.3. The predicted molar refractivity (Wildman–Crippen MR) is 169 cm³/mol. The number of aromatic nitrogens is 2. The first-order valence-corrected chi connectivity index (χ1v) is 19.2. The van der Waals surface area contributed by atoms with E-state index in [1.54, 1.807) is 17.7 Å². The molecule has 0 saturated carbocycles. The summed E-state index contributed by atoms with van der Waals surface area (Å²) in [5.41, 5.74) is 0.000567. The number of hydrogen-bond acceptors (Lipinski definition) is 7. The fraction of sp³-hybridized carbons (Fsp3) is 0.500. The number of methoxy groups -OCH3 is 1. The van der Waals surface area contributed by atoms with Crippen LogP contribution in [-0.2, 0) is 25.2 Å². The van der Waals surface area contributed by atoms with Gasteiger partial charge in [0, 0.05) is 0 Å². The average Bonchev–Trinajstić information content (AvgIpc) is 3.43. The van der Waals surface area contributed by atoms with Crippen molar-refractivity contribution in [3.63, 3.8) is 0 Å². The Morgan fingerprint density at radius 3 is 2.26 bits per heavy atom. The SMILES string of the molecule is COc1ccc(Cn2c(=O)cc([Se]c3ccccc3)n([C@@H]3O[C@H](CO[Si](C)(C)C(C)(C)C)[C@H]4OC(C)(C)O[C@H]43)c2=O)cc1. The number of rotatable bonds is 9. The van der Waals surface area contributed by atoms with E-state index in [-0.39, 0.29) is 32.1 Å². The van der Waals surface area contributed by atoms with Crippen molar-refractivity contribution in [1.29, 1.82) is 0 Å². The van der Waals surface area contributed by atoms with Gasteiger partial charge in [-0.05, 0) is 0 Å². The van der Waals surface area contributed by atoms with E-state index in [1.165, 1.54) is 4.57 Å². The van der Waals surface area contributed by atoms with E-state index in [0.717, 1.165) is 10.0 Å². The second kappa shape index (κ2) is 12.1. The zero-order chi connectivity index (χ0) is 31.2. The molecule has 0 amide bonds. The summed E-state index contributed by atoms with van der Waals surface area (Å²) in [6.07, 6.45) is -2.24. The van der Waals surface area contributed by atoms with Crippen molar-refractivity contribution in [3.8, 4) is 5.75 Å². The minimum absolute atomic E-state index is 0.0238. The van der Waals surface area contributed by atoms with Crippen molar-refractivity contribution >= 4 is 32.3 Å². The molecule has 0 radical (unpaired) electrons. The van der Waals surface area contributed by atoms with Gasteiger partial charge in [-0.1, -0.05) is 0 Å². The molecule has 0 unspecified atom stereocenters. The molecule has 11 heteroatoms. The van der Waals surface area contributed by atoms with Gasteiger partial charge >= 0.3 is 261 Å². The number of benzene rings is 2. The van der Waals surface area contributed by atoms with Crippen LogP contribution in [0.25, 0.3) is 0 Å². The first-order chi connectivity index (χ1) is 20.2. The molecule has 43 heavy (non-hydrogen) atoms. The predicted octanol–water partition coefficient (Wildman–Crippen LogP) is 3.16. The van der Waals surface area contributed by atoms with Gasteiger partial charge < -0.3 is 0 Å². The molecule has 4 atom stereocenters. The second-order valence-corrected chi connectivity index (χ2v) is 20.1. The first-order valence-electron chi connectivity index (χ1n) is 14.6. The minimum atomic E-state index is -2.09. The van der Waals surface area contributed by atoms with Crippen molar-refractivity contribution in [2.45, 2.75) is 89.6 Å². The molecule has 2 aromatic carbocycles. The fourth-order valence-electron chi connectivity index (χ4n) is 5.06. The van der Waals surface area contributed by atoms with Gasteiger partial charge in [0.15, 0.2) is 0 Å². The summed E-state index contributed by atoms with van der Waals surface area (Å²) in [5, 5.41) is 0.0238. The molecule has 2 saturated heterocycles. The molecule has 0 spiro atoms. The maximum atomic E-state index is 14.3. The summed E-state index contributed by atoms with van der Waals surface area (Å²) in [7, 11) is -0.491. The molecule has 0 aliphatic carbocycles. The van der Waals surface area contributed by atoms with Crippen LogP contribution in [0.2, 0.25) is 18.1 Å². The Hall–Kier alpha value is -2.50. The Morgan fingerprint density at radius 2 is 1.63 bits per heavy atom. The second-order valence-electron chi connectivity index (χ2n) is 13.0. The van der Waals surface area contributed by atoms with E-state index in [4.69, 9.17) is 23.4 Å². The number of ether oxygens (including phenoxy) is 4. The molecule has 1 aromatic heterocycles. The number of fused-ring (bicyclic) bond motifs is 1. The monoisotopic (exact) mass is 674 g/mol. The molecular formula is C32H42N2O7SeSi. The van der Waals surface area contributed by atoms with Crippen LogP contribution in [0.1, 0.15) is 46.4 Å². The van der Waals surface area contributed by atoms with Crippen LogP contribution in [0.4, 0.5) is 0 Å².